The topological polar surface area (TPSA) is 55.3 Å². The summed E-state index contributed by atoms with van der Waals surface area (Å²) < 4.78 is 3.78. The quantitative estimate of drug-likeness (QED) is 0.337. The van der Waals surface area contributed by atoms with Crippen molar-refractivity contribution in [2.75, 3.05) is 0 Å². The number of hydrogen-bond acceptors (Lipinski definition) is 3. The van der Waals surface area contributed by atoms with Crippen molar-refractivity contribution in [1.29, 1.82) is 0 Å². The Morgan fingerprint density at radius 2 is 1.67 bits per heavy atom. The van der Waals surface area contributed by atoms with Crippen molar-refractivity contribution in [2.45, 2.75) is 0 Å². The zero-order chi connectivity index (χ0) is 4.28. The molecule has 0 aliphatic carbocycles. The molecule has 0 aromatic carbocycles. The maximum Gasteiger partial charge on any atom is 2.00 e. The van der Waals surface area contributed by atoms with Crippen LogP contribution in [0.3, 0.4) is 0 Å². The van der Waals surface area contributed by atoms with Crippen molar-refractivity contribution in [3.05, 3.63) is 0 Å². The molecule has 6 heavy (non-hydrogen) atoms. The first kappa shape index (κ1) is 10.7. The Kier molecular flexibility index (Phi) is 12.0. The first-order valence-corrected chi connectivity index (χ1v) is 1.93. The molecular formula is H2AlBCaO3. The maximum absolute atomic E-state index is 9.15. The summed E-state index contributed by atoms with van der Waals surface area (Å²) in [5, 5.41) is 18.3. The van der Waals surface area contributed by atoms with Crippen LogP contribution in [0.1, 0.15) is 0 Å². The minimum Gasteiger partial charge on any atom is -0.873 e. The van der Waals surface area contributed by atoms with E-state index < -0.39 is 7.32 Å². The average Bonchev–Trinajstić information content (AvgIpc) is 1.38. The van der Waals surface area contributed by atoms with Gasteiger partial charge in [-0.25, -0.2) is 0 Å². The predicted molar refractivity (Wildman–Crippen MR) is 21.1 cm³/mol. The summed E-state index contributed by atoms with van der Waals surface area (Å²) in [7, 11) is -2.05. The van der Waals surface area contributed by atoms with E-state index in [1.165, 1.54) is 0 Å². The van der Waals surface area contributed by atoms with Gasteiger partial charge in [-0.05, 0) is 0 Å². The maximum atomic E-state index is 9.15. The van der Waals surface area contributed by atoms with Crippen LogP contribution in [0, 0.1) is 0 Å². The zero-order valence-electron chi connectivity index (χ0n) is 3.51. The van der Waals surface area contributed by atoms with Crippen molar-refractivity contribution < 1.29 is 13.8 Å². The monoisotopic (exact) mass is 128 g/mol. The molecule has 0 radical (unpaired) electrons. The summed E-state index contributed by atoms with van der Waals surface area (Å²) in [4.78, 5) is 0. The smallest absolute Gasteiger partial charge is 0.873 e. The standard InChI is InChI=1S/Al.BO3.Ca.2H/c;2-1(3)4;;;/q+1;-3;+2;;. The van der Waals surface area contributed by atoms with Gasteiger partial charge in [-0.15, -0.1) is 0 Å². The zero-order valence-corrected chi connectivity index (χ0v) is 7.72. The van der Waals surface area contributed by atoms with Gasteiger partial charge in [-0.1, -0.05) is 0 Å². The van der Waals surface area contributed by atoms with Gasteiger partial charge >= 0.3 is 54.4 Å². The average molecular weight is 128 g/mol. The molecule has 0 heterocycles. The molecule has 0 saturated carbocycles. The molecule has 0 aliphatic heterocycles. The van der Waals surface area contributed by atoms with Crippen LogP contribution >= 0.6 is 0 Å². The second kappa shape index (κ2) is 6.74. The second-order valence-corrected chi connectivity index (χ2v) is 0.996. The molecule has 0 aromatic rings. The van der Waals surface area contributed by atoms with E-state index in [1.807, 2.05) is 0 Å². The summed E-state index contributed by atoms with van der Waals surface area (Å²) in [6.45, 7) is 0. The summed E-state index contributed by atoms with van der Waals surface area (Å²) in [6.07, 6.45) is 0. The Morgan fingerprint density at radius 1 is 1.50 bits per heavy atom. The van der Waals surface area contributed by atoms with E-state index in [4.69, 9.17) is 10.0 Å². The van der Waals surface area contributed by atoms with E-state index in [0.717, 1.165) is 0 Å². The summed E-state index contributed by atoms with van der Waals surface area (Å²) in [5.41, 5.74) is 0. The molecule has 0 unspecified atom stereocenters. The van der Waals surface area contributed by atoms with Gasteiger partial charge in [0, 0.05) is 7.32 Å². The van der Waals surface area contributed by atoms with Crippen molar-refractivity contribution in [3.63, 3.8) is 0 Å². The summed E-state index contributed by atoms with van der Waals surface area (Å²) >= 11 is 0.248. The van der Waals surface area contributed by atoms with Gasteiger partial charge in [0.25, 0.3) is 0 Å². The Balaban J connectivity index is 0. The van der Waals surface area contributed by atoms with Gasteiger partial charge in [0.2, 0.25) is 0 Å². The largest absolute Gasteiger partial charge is 2.00 e. The van der Waals surface area contributed by atoms with Gasteiger partial charge < -0.3 is 13.8 Å². The van der Waals surface area contributed by atoms with Crippen molar-refractivity contribution in [1.82, 2.24) is 0 Å². The molecule has 3 nitrogen and oxygen atoms in total. The Bertz CT molecular complexity index is 24.8. The van der Waals surface area contributed by atoms with Gasteiger partial charge in [0.1, 0.15) is 0 Å². The molecule has 6 heteroatoms. The number of hydrogen-bond donors (Lipinski definition) is 0. The van der Waals surface area contributed by atoms with Crippen LogP contribution in [-0.2, 0) is 3.71 Å². The minimum atomic E-state index is -2.05. The van der Waals surface area contributed by atoms with Crippen molar-refractivity contribution >= 4 is 61.7 Å². The Labute approximate surface area is 74.6 Å². The van der Waals surface area contributed by atoms with Crippen LogP contribution in [0.25, 0.3) is 0 Å². The molecule has 0 saturated heterocycles. The summed E-state index contributed by atoms with van der Waals surface area (Å²) in [6, 6.07) is 0. The molecule has 0 bridgehead atoms. The normalized spacial score (nSPS) is 6.33. The van der Waals surface area contributed by atoms with Crippen LogP contribution < -0.4 is 10.0 Å². The van der Waals surface area contributed by atoms with E-state index in [1.54, 1.807) is 0 Å². The second-order valence-electron chi connectivity index (χ2n) is 0.524. The van der Waals surface area contributed by atoms with Crippen molar-refractivity contribution in [2.24, 2.45) is 0 Å². The van der Waals surface area contributed by atoms with Crippen LogP contribution in [0.4, 0.5) is 0 Å². The molecule has 0 atom stereocenters. The molecule has 0 aliphatic rings. The third-order valence-corrected chi connectivity index (χ3v) is 0.577. The molecule has 0 aromatic heterocycles. The Morgan fingerprint density at radius 3 is 1.67 bits per heavy atom. The molecule has 0 fully saturated rings. The fourth-order valence-electron chi connectivity index (χ4n) is 0. The van der Waals surface area contributed by atoms with Crippen LogP contribution in [-0.4, -0.2) is 61.7 Å². The molecule has 0 amide bonds. The van der Waals surface area contributed by atoms with Crippen LogP contribution in [0.2, 0.25) is 0 Å². The SMILES string of the molecule is [Ca+2].[O-]B([O-])[O][AlH2]. The van der Waals surface area contributed by atoms with Crippen LogP contribution in [0.15, 0.2) is 0 Å². The molecule has 28 valence electrons. The number of rotatable bonds is 1. The van der Waals surface area contributed by atoms with E-state index in [0.29, 0.717) is 0 Å². The van der Waals surface area contributed by atoms with Crippen LogP contribution in [0.5, 0.6) is 0 Å². The molecule has 0 spiro atoms. The molecule has 0 N–H and O–H groups in total. The minimum absolute atomic E-state index is 0. The summed E-state index contributed by atoms with van der Waals surface area (Å²) in [5.74, 6) is 0. The molecular weight excluding hydrogens is 126 g/mol. The fourth-order valence-corrected chi connectivity index (χ4v) is 0. The van der Waals surface area contributed by atoms with Gasteiger partial charge in [0.15, 0.2) is 0 Å². The van der Waals surface area contributed by atoms with Gasteiger partial charge in [-0.2, -0.15) is 0 Å². The predicted octanol–water partition coefficient (Wildman–Crippen LogP) is -4.12. The van der Waals surface area contributed by atoms with Crippen molar-refractivity contribution in [3.8, 4) is 0 Å². The van der Waals surface area contributed by atoms with E-state index in [-0.39, 0.29) is 54.4 Å². The van der Waals surface area contributed by atoms with E-state index in [2.05, 4.69) is 3.71 Å². The fraction of sp³-hybridized carbons (Fsp3) is 0. The van der Waals surface area contributed by atoms with Gasteiger partial charge in [-0.3, -0.25) is 0 Å². The molecule has 0 rings (SSSR count). The van der Waals surface area contributed by atoms with E-state index >= 15 is 0 Å². The Hall–Kier alpha value is 1.74. The van der Waals surface area contributed by atoms with E-state index in [9.17, 15) is 0 Å². The first-order chi connectivity index (χ1) is 2.27. The van der Waals surface area contributed by atoms with Gasteiger partial charge in [0.05, 0.1) is 0 Å². The third-order valence-electron chi connectivity index (χ3n) is 0.192. The third kappa shape index (κ3) is 9.22. The first-order valence-electron chi connectivity index (χ1n) is 1.12.